The fraction of sp³-hybridized carbons (Fsp3) is 0.536. The molecular weight excluding hydrogens is 498 g/mol. The third kappa shape index (κ3) is 6.67. The monoisotopic (exact) mass is 539 g/mol. The Labute approximate surface area is 229 Å². The third-order valence-electron chi connectivity index (χ3n) is 7.21. The molecule has 2 aromatic heterocycles. The number of nitrogens with two attached hydrogens (primary N) is 1. The predicted molar refractivity (Wildman–Crippen MR) is 151 cm³/mol. The van der Waals surface area contributed by atoms with Gasteiger partial charge < -0.3 is 35.9 Å². The van der Waals surface area contributed by atoms with Crippen molar-refractivity contribution < 1.29 is 19.7 Å². The van der Waals surface area contributed by atoms with E-state index < -0.39 is 24.5 Å². The third-order valence-corrected chi connectivity index (χ3v) is 7.21. The Hall–Kier alpha value is -3.25. The fourth-order valence-electron chi connectivity index (χ4n) is 4.81. The number of aliphatic hydroxyl groups excluding tert-OH is 2. The summed E-state index contributed by atoms with van der Waals surface area (Å²) in [5.74, 6) is 0.343. The lowest BCUT2D eigenvalue weighted by atomic mass is 9.87. The van der Waals surface area contributed by atoms with Gasteiger partial charge in [-0.15, -0.1) is 0 Å². The minimum absolute atomic E-state index is 0.0573. The number of hydrogen-bond acceptors (Lipinski definition) is 8. The minimum atomic E-state index is -1.13. The number of carbonyl (C=O) groups excluding carboxylic acids is 1. The summed E-state index contributed by atoms with van der Waals surface area (Å²) in [6.07, 6.45) is 0.210. The molecule has 2 unspecified atom stereocenters. The van der Waals surface area contributed by atoms with Crippen LogP contribution in [0.1, 0.15) is 52.8 Å². The zero-order valence-electron chi connectivity index (χ0n) is 23.3. The molecule has 6 N–H and O–H groups in total. The molecule has 1 aromatic carbocycles. The second-order valence-electron chi connectivity index (χ2n) is 11.4. The SMILES string of the molecule is CC(C)N(CCCNC(=O)Nc1ccc(C(C)(C)C)cc1)C[C@H]1O[C@@H](n2ccc3c(N)ncnc32)C(O)C1O. The Morgan fingerprint density at radius 3 is 2.54 bits per heavy atom. The molecule has 4 rings (SSSR count). The highest BCUT2D eigenvalue weighted by molar-refractivity contribution is 5.89. The largest absolute Gasteiger partial charge is 0.387 e. The van der Waals surface area contributed by atoms with Crippen LogP contribution in [0.3, 0.4) is 0 Å². The molecule has 11 heteroatoms. The molecule has 0 saturated carbocycles. The molecule has 0 radical (unpaired) electrons. The summed E-state index contributed by atoms with van der Waals surface area (Å²) in [5.41, 5.74) is 8.48. The molecule has 3 aromatic rings. The van der Waals surface area contributed by atoms with Crippen LogP contribution in [0.4, 0.5) is 16.3 Å². The molecule has 3 heterocycles. The first-order valence-corrected chi connectivity index (χ1v) is 13.4. The Balaban J connectivity index is 1.27. The summed E-state index contributed by atoms with van der Waals surface area (Å²) in [6, 6.07) is 9.57. The zero-order chi connectivity index (χ0) is 28.3. The molecule has 4 atom stereocenters. The van der Waals surface area contributed by atoms with Gasteiger partial charge in [-0.2, -0.15) is 0 Å². The summed E-state index contributed by atoms with van der Waals surface area (Å²) in [4.78, 5) is 22.8. The van der Waals surface area contributed by atoms with Crippen LogP contribution in [-0.4, -0.2) is 79.7 Å². The van der Waals surface area contributed by atoms with E-state index in [9.17, 15) is 15.0 Å². The lowest BCUT2D eigenvalue weighted by molar-refractivity contribution is -0.0465. The first-order valence-electron chi connectivity index (χ1n) is 13.4. The highest BCUT2D eigenvalue weighted by Gasteiger charge is 2.44. The van der Waals surface area contributed by atoms with Gasteiger partial charge >= 0.3 is 6.03 Å². The maximum absolute atomic E-state index is 12.4. The number of hydrogen-bond donors (Lipinski definition) is 5. The molecule has 2 amide bonds. The maximum Gasteiger partial charge on any atom is 0.319 e. The van der Waals surface area contributed by atoms with Crippen LogP contribution in [0.15, 0.2) is 42.9 Å². The molecular formula is C28H41N7O4. The molecule has 212 valence electrons. The van der Waals surface area contributed by atoms with Crippen molar-refractivity contribution >= 4 is 28.6 Å². The predicted octanol–water partition coefficient (Wildman–Crippen LogP) is 2.85. The second-order valence-corrected chi connectivity index (χ2v) is 11.4. The summed E-state index contributed by atoms with van der Waals surface area (Å²) >= 11 is 0. The number of aromatic nitrogens is 3. The molecule has 39 heavy (non-hydrogen) atoms. The Morgan fingerprint density at radius 1 is 1.15 bits per heavy atom. The number of carbonyl (C=O) groups is 1. The average Bonchev–Trinajstić information content (AvgIpc) is 3.42. The number of nitrogens with one attached hydrogen (secondary N) is 2. The molecule has 0 bridgehead atoms. The summed E-state index contributed by atoms with van der Waals surface area (Å²) in [5, 5.41) is 28.0. The van der Waals surface area contributed by atoms with E-state index in [0.717, 1.165) is 5.69 Å². The molecule has 1 aliphatic rings. The van der Waals surface area contributed by atoms with E-state index in [1.807, 2.05) is 24.3 Å². The quantitative estimate of drug-likeness (QED) is 0.261. The van der Waals surface area contributed by atoms with Crippen molar-refractivity contribution in [3.05, 3.63) is 48.4 Å². The second kappa shape index (κ2) is 11.9. The first kappa shape index (κ1) is 28.8. The number of ether oxygens (including phenoxy) is 1. The van der Waals surface area contributed by atoms with E-state index in [4.69, 9.17) is 10.5 Å². The van der Waals surface area contributed by atoms with Crippen LogP contribution >= 0.6 is 0 Å². The highest BCUT2D eigenvalue weighted by Crippen LogP contribution is 2.33. The molecule has 1 aliphatic heterocycles. The topological polar surface area (TPSA) is 151 Å². The Kier molecular flexibility index (Phi) is 8.75. The zero-order valence-corrected chi connectivity index (χ0v) is 23.3. The van der Waals surface area contributed by atoms with Crippen molar-refractivity contribution in [3.8, 4) is 0 Å². The van der Waals surface area contributed by atoms with E-state index in [0.29, 0.717) is 42.9 Å². The number of anilines is 2. The van der Waals surface area contributed by atoms with Gasteiger partial charge in [-0.1, -0.05) is 32.9 Å². The highest BCUT2D eigenvalue weighted by atomic mass is 16.6. The van der Waals surface area contributed by atoms with E-state index in [-0.39, 0.29) is 17.5 Å². The van der Waals surface area contributed by atoms with Gasteiger partial charge in [-0.3, -0.25) is 4.90 Å². The number of rotatable bonds is 9. The van der Waals surface area contributed by atoms with E-state index in [1.165, 1.54) is 11.9 Å². The lowest BCUT2D eigenvalue weighted by Gasteiger charge is -2.30. The van der Waals surface area contributed by atoms with Gasteiger partial charge in [0, 0.05) is 37.6 Å². The fourth-order valence-corrected chi connectivity index (χ4v) is 4.81. The standard InChI is InChI=1S/C28H41N7O4/c1-17(2)34(13-6-12-30-27(38)33-19-9-7-18(8-10-19)28(3,4)5)15-21-22(36)23(37)26(39-21)35-14-11-20-24(29)31-16-32-25(20)35/h7-11,14,16-17,21-23,26,36-37H,6,12-13,15H2,1-5H3,(H2,29,31,32)(H2,30,33,38)/t21-,22?,23?,26-/m1/s1. The molecule has 0 aliphatic carbocycles. The number of fused-ring (bicyclic) bond motifs is 1. The van der Waals surface area contributed by atoms with Crippen LogP contribution in [0.2, 0.25) is 0 Å². The maximum atomic E-state index is 12.4. The Bertz CT molecular complexity index is 1260. The van der Waals surface area contributed by atoms with E-state index >= 15 is 0 Å². The first-order chi connectivity index (χ1) is 18.5. The number of aliphatic hydroxyl groups is 2. The Morgan fingerprint density at radius 2 is 1.87 bits per heavy atom. The van der Waals surface area contributed by atoms with Gasteiger partial charge in [0.25, 0.3) is 0 Å². The molecule has 1 saturated heterocycles. The van der Waals surface area contributed by atoms with Crippen LogP contribution in [0.25, 0.3) is 11.0 Å². The van der Waals surface area contributed by atoms with E-state index in [2.05, 4.69) is 60.1 Å². The summed E-state index contributed by atoms with van der Waals surface area (Å²) < 4.78 is 7.82. The van der Waals surface area contributed by atoms with Crippen LogP contribution in [-0.2, 0) is 10.2 Å². The molecule has 1 fully saturated rings. The van der Waals surface area contributed by atoms with Crippen LogP contribution in [0.5, 0.6) is 0 Å². The molecule has 0 spiro atoms. The van der Waals surface area contributed by atoms with Crippen molar-refractivity contribution in [3.63, 3.8) is 0 Å². The normalized spacial score (nSPS) is 21.7. The van der Waals surface area contributed by atoms with E-state index in [1.54, 1.807) is 16.8 Å². The number of urea groups is 1. The number of benzene rings is 1. The summed E-state index contributed by atoms with van der Waals surface area (Å²) in [6.45, 7) is 12.2. The van der Waals surface area contributed by atoms with Crippen molar-refractivity contribution in [1.82, 2.24) is 24.8 Å². The van der Waals surface area contributed by atoms with Crippen molar-refractivity contribution in [2.24, 2.45) is 0 Å². The van der Waals surface area contributed by atoms with Gasteiger partial charge in [0.05, 0.1) is 5.39 Å². The average molecular weight is 540 g/mol. The van der Waals surface area contributed by atoms with Gasteiger partial charge in [0.1, 0.15) is 36.1 Å². The van der Waals surface area contributed by atoms with Gasteiger partial charge in [-0.05, 0) is 49.4 Å². The van der Waals surface area contributed by atoms with Crippen molar-refractivity contribution in [2.45, 2.75) is 77.0 Å². The van der Waals surface area contributed by atoms with Crippen molar-refractivity contribution in [2.75, 3.05) is 30.7 Å². The van der Waals surface area contributed by atoms with Crippen LogP contribution in [0, 0.1) is 0 Å². The van der Waals surface area contributed by atoms with Crippen LogP contribution < -0.4 is 16.4 Å². The number of amides is 2. The smallest absolute Gasteiger partial charge is 0.319 e. The lowest BCUT2D eigenvalue weighted by Crippen LogP contribution is -2.44. The number of nitrogen functional groups attached to an aromatic ring is 1. The molecule has 11 nitrogen and oxygen atoms in total. The minimum Gasteiger partial charge on any atom is -0.387 e. The van der Waals surface area contributed by atoms with Crippen molar-refractivity contribution in [1.29, 1.82) is 0 Å². The van der Waals surface area contributed by atoms with Gasteiger partial charge in [-0.25, -0.2) is 14.8 Å². The van der Waals surface area contributed by atoms with Gasteiger partial charge in [0.2, 0.25) is 0 Å². The summed E-state index contributed by atoms with van der Waals surface area (Å²) in [7, 11) is 0. The number of nitrogens with zero attached hydrogens (tertiary/aromatic N) is 4. The van der Waals surface area contributed by atoms with Gasteiger partial charge in [0.15, 0.2) is 6.23 Å².